The highest BCUT2D eigenvalue weighted by Crippen LogP contribution is 2.31. The Bertz CT molecular complexity index is 668. The summed E-state index contributed by atoms with van der Waals surface area (Å²) in [7, 11) is 0. The molecule has 1 aliphatic heterocycles. The Kier molecular flexibility index (Phi) is 5.18. The molecule has 2 aromatic heterocycles. The highest BCUT2D eigenvalue weighted by atomic mass is 32.1. The van der Waals surface area contributed by atoms with Gasteiger partial charge < -0.3 is 14.7 Å². The average Bonchev–Trinajstić information content (AvgIpc) is 3.32. The number of amides is 2. The van der Waals surface area contributed by atoms with E-state index in [9.17, 15) is 4.79 Å². The zero-order valence-electron chi connectivity index (χ0n) is 14.4. The fraction of sp³-hybridized carbons (Fsp3) is 0.588. The molecule has 1 saturated heterocycles. The fourth-order valence-electron chi connectivity index (χ4n) is 2.99. The molecule has 1 N–H and O–H groups in total. The van der Waals surface area contributed by atoms with Crippen LogP contribution in [0.1, 0.15) is 74.6 Å². The lowest BCUT2D eigenvalue weighted by Crippen LogP contribution is -2.41. The van der Waals surface area contributed by atoms with Crippen LogP contribution in [-0.2, 0) is 0 Å². The molecule has 0 spiro atoms. The first-order valence-corrected chi connectivity index (χ1v) is 9.42. The molecule has 0 saturated carbocycles. The number of aromatic nitrogens is 2. The van der Waals surface area contributed by atoms with Gasteiger partial charge in [0.05, 0.1) is 12.1 Å². The zero-order valence-corrected chi connectivity index (χ0v) is 15.2. The molecular weight excluding hydrogens is 324 g/mol. The summed E-state index contributed by atoms with van der Waals surface area (Å²) in [5.74, 6) is 1.44. The largest absolute Gasteiger partial charge is 0.339 e. The van der Waals surface area contributed by atoms with Gasteiger partial charge in [-0.15, -0.1) is 11.3 Å². The van der Waals surface area contributed by atoms with Crippen molar-refractivity contribution in [3.05, 3.63) is 34.1 Å². The van der Waals surface area contributed by atoms with Crippen molar-refractivity contribution < 1.29 is 9.32 Å². The number of rotatable bonds is 5. The van der Waals surface area contributed by atoms with Gasteiger partial charge in [-0.2, -0.15) is 4.98 Å². The summed E-state index contributed by atoms with van der Waals surface area (Å²) in [6.45, 7) is 6.84. The first-order chi connectivity index (χ1) is 11.6. The monoisotopic (exact) mass is 348 g/mol. The van der Waals surface area contributed by atoms with Crippen LogP contribution in [0.3, 0.4) is 0 Å². The van der Waals surface area contributed by atoms with Crippen molar-refractivity contribution in [1.29, 1.82) is 0 Å². The Labute approximate surface area is 146 Å². The summed E-state index contributed by atoms with van der Waals surface area (Å²) >= 11 is 1.67. The molecule has 1 aliphatic rings. The van der Waals surface area contributed by atoms with E-state index in [-0.39, 0.29) is 24.0 Å². The molecule has 0 radical (unpaired) electrons. The number of thiophene rings is 1. The van der Waals surface area contributed by atoms with Gasteiger partial charge in [0.15, 0.2) is 5.82 Å². The molecule has 0 aliphatic carbocycles. The molecule has 6 nitrogen and oxygen atoms in total. The van der Waals surface area contributed by atoms with Crippen LogP contribution in [0.2, 0.25) is 0 Å². The van der Waals surface area contributed by atoms with E-state index in [0.29, 0.717) is 11.7 Å². The second-order valence-corrected chi connectivity index (χ2v) is 7.40. The van der Waals surface area contributed by atoms with E-state index in [4.69, 9.17) is 4.52 Å². The number of nitrogens with one attached hydrogen (secondary N) is 1. The Morgan fingerprint density at radius 1 is 1.54 bits per heavy atom. The van der Waals surface area contributed by atoms with Crippen LogP contribution < -0.4 is 5.32 Å². The predicted octanol–water partition coefficient (Wildman–Crippen LogP) is 4.25. The minimum absolute atomic E-state index is 0.0475. The van der Waals surface area contributed by atoms with Crippen molar-refractivity contribution in [2.24, 2.45) is 0 Å². The van der Waals surface area contributed by atoms with E-state index < -0.39 is 0 Å². The van der Waals surface area contributed by atoms with Crippen molar-refractivity contribution in [2.75, 3.05) is 6.54 Å². The van der Waals surface area contributed by atoms with Gasteiger partial charge in [0.25, 0.3) is 0 Å². The third-order valence-corrected chi connectivity index (χ3v) is 5.34. The smallest absolute Gasteiger partial charge is 0.318 e. The van der Waals surface area contributed by atoms with Gasteiger partial charge in [-0.1, -0.05) is 32.0 Å². The van der Waals surface area contributed by atoms with Crippen LogP contribution in [0, 0.1) is 0 Å². The number of nitrogens with zero attached hydrogens (tertiary/aromatic N) is 3. The molecular formula is C17H24N4O2S. The van der Waals surface area contributed by atoms with Gasteiger partial charge in [0, 0.05) is 17.3 Å². The van der Waals surface area contributed by atoms with Crippen LogP contribution >= 0.6 is 11.3 Å². The second kappa shape index (κ2) is 7.34. The fourth-order valence-corrected chi connectivity index (χ4v) is 3.85. The van der Waals surface area contributed by atoms with E-state index in [1.807, 2.05) is 30.2 Å². The molecule has 0 aromatic carbocycles. The first-order valence-electron chi connectivity index (χ1n) is 8.54. The van der Waals surface area contributed by atoms with Crippen molar-refractivity contribution >= 4 is 17.4 Å². The number of urea groups is 1. The van der Waals surface area contributed by atoms with Crippen molar-refractivity contribution in [2.45, 2.75) is 58.0 Å². The van der Waals surface area contributed by atoms with E-state index in [1.54, 1.807) is 11.3 Å². The van der Waals surface area contributed by atoms with Crippen LogP contribution in [0.5, 0.6) is 0 Å². The summed E-state index contributed by atoms with van der Waals surface area (Å²) in [5, 5.41) is 9.28. The average molecular weight is 348 g/mol. The molecule has 2 amide bonds. The number of hydrogen-bond donors (Lipinski definition) is 1. The Hall–Kier alpha value is -1.89. The van der Waals surface area contributed by atoms with Crippen LogP contribution in [0.25, 0.3) is 0 Å². The lowest BCUT2D eigenvalue weighted by Gasteiger charge is -2.25. The number of carbonyl (C=O) groups is 1. The summed E-state index contributed by atoms with van der Waals surface area (Å²) in [4.78, 5) is 20.3. The predicted molar refractivity (Wildman–Crippen MR) is 93.0 cm³/mol. The Balaban J connectivity index is 1.71. The van der Waals surface area contributed by atoms with Gasteiger partial charge in [-0.25, -0.2) is 4.79 Å². The third-order valence-electron chi connectivity index (χ3n) is 4.36. The zero-order chi connectivity index (χ0) is 17.1. The van der Waals surface area contributed by atoms with E-state index in [0.717, 1.165) is 25.8 Å². The third kappa shape index (κ3) is 3.45. The van der Waals surface area contributed by atoms with Crippen LogP contribution in [-0.4, -0.2) is 27.6 Å². The van der Waals surface area contributed by atoms with E-state index in [1.165, 1.54) is 4.88 Å². The molecule has 2 atom stereocenters. The van der Waals surface area contributed by atoms with Gasteiger partial charge in [-0.05, 0) is 30.7 Å². The second-order valence-electron chi connectivity index (χ2n) is 6.42. The molecule has 2 aromatic rings. The lowest BCUT2D eigenvalue weighted by atomic mass is 10.2. The van der Waals surface area contributed by atoms with E-state index in [2.05, 4.69) is 28.4 Å². The van der Waals surface area contributed by atoms with Crippen molar-refractivity contribution in [3.8, 4) is 0 Å². The topological polar surface area (TPSA) is 71.3 Å². The summed E-state index contributed by atoms with van der Waals surface area (Å²) in [5.41, 5.74) is 0. The molecule has 130 valence electrons. The molecule has 3 rings (SSSR count). The maximum Gasteiger partial charge on any atom is 0.318 e. The van der Waals surface area contributed by atoms with Crippen LogP contribution in [0.4, 0.5) is 4.79 Å². The first kappa shape index (κ1) is 17.0. The number of likely N-dealkylation sites (tertiary alicyclic amines) is 1. The maximum atomic E-state index is 12.8. The standard InChI is InChI=1S/C17H24N4O2S/c1-4-12(14-8-6-10-24-14)18-17(22)21-9-5-7-13(21)15-19-16(11(2)3)23-20-15/h6,8,10-13H,4-5,7,9H2,1-3H3,(H,18,22)/t12-,13+/m0/s1. The maximum absolute atomic E-state index is 12.8. The summed E-state index contributed by atoms with van der Waals surface area (Å²) < 4.78 is 5.31. The number of carbonyl (C=O) groups excluding carboxylic acids is 1. The van der Waals surface area contributed by atoms with Gasteiger partial charge in [0.2, 0.25) is 5.89 Å². The van der Waals surface area contributed by atoms with Crippen molar-refractivity contribution in [1.82, 2.24) is 20.4 Å². The molecule has 3 heterocycles. The van der Waals surface area contributed by atoms with Crippen molar-refractivity contribution in [3.63, 3.8) is 0 Å². The Morgan fingerprint density at radius 2 is 2.38 bits per heavy atom. The SMILES string of the molecule is CC[C@H](NC(=O)N1CCC[C@@H]1c1noc(C(C)C)n1)c1cccs1. The minimum atomic E-state index is -0.0953. The molecule has 1 fully saturated rings. The summed E-state index contributed by atoms with van der Waals surface area (Å²) in [6, 6.07) is 3.99. The molecule has 0 bridgehead atoms. The molecule has 0 unspecified atom stereocenters. The molecule has 24 heavy (non-hydrogen) atoms. The van der Waals surface area contributed by atoms with Crippen LogP contribution in [0.15, 0.2) is 22.0 Å². The van der Waals surface area contributed by atoms with Gasteiger partial charge in [0.1, 0.15) is 0 Å². The van der Waals surface area contributed by atoms with Gasteiger partial charge >= 0.3 is 6.03 Å². The quantitative estimate of drug-likeness (QED) is 0.877. The number of hydrogen-bond acceptors (Lipinski definition) is 5. The highest BCUT2D eigenvalue weighted by Gasteiger charge is 2.34. The normalized spacial score (nSPS) is 19.0. The molecule has 7 heteroatoms. The Morgan fingerprint density at radius 3 is 3.00 bits per heavy atom. The summed E-state index contributed by atoms with van der Waals surface area (Å²) in [6.07, 6.45) is 2.70. The highest BCUT2D eigenvalue weighted by molar-refractivity contribution is 7.10. The van der Waals surface area contributed by atoms with Gasteiger partial charge in [-0.3, -0.25) is 0 Å². The van der Waals surface area contributed by atoms with E-state index >= 15 is 0 Å². The minimum Gasteiger partial charge on any atom is -0.339 e. The lowest BCUT2D eigenvalue weighted by molar-refractivity contribution is 0.185.